The Hall–Kier alpha value is -3.10. The highest BCUT2D eigenvalue weighted by molar-refractivity contribution is 9.10. The Morgan fingerprint density at radius 1 is 1.00 bits per heavy atom. The van der Waals surface area contributed by atoms with Gasteiger partial charge in [-0.15, -0.1) is 0 Å². The maximum absolute atomic E-state index is 13.1. The second kappa shape index (κ2) is 11.3. The number of carbonyl (C=O) groups excluding carboxylic acids is 3. The zero-order valence-electron chi connectivity index (χ0n) is 20.9. The van der Waals surface area contributed by atoms with Crippen LogP contribution in [-0.4, -0.2) is 30.7 Å². The standard InChI is InChI=1S/C29H27BrClNO6/c1-2-36-24-14-16(13-19(30)29(24)37-15-25(35)32-18-11-9-17(31)10-12-18)26-27-20(33)5-3-7-22(27)38-23-8-4-6-21(34)28(23)26/h9-14,26H,2-8,15H2,1H3,(H,32,35). The molecule has 1 N–H and O–H groups in total. The van der Waals surface area contributed by atoms with Crippen LogP contribution in [0, 0.1) is 0 Å². The summed E-state index contributed by atoms with van der Waals surface area (Å²) in [6.45, 7) is 1.96. The lowest BCUT2D eigenvalue weighted by Crippen LogP contribution is -2.30. The van der Waals surface area contributed by atoms with Gasteiger partial charge in [0.15, 0.2) is 29.7 Å². The summed E-state index contributed by atoms with van der Waals surface area (Å²) in [7, 11) is 0. The lowest BCUT2D eigenvalue weighted by molar-refractivity contribution is -0.119. The molecule has 0 saturated carbocycles. The number of ether oxygens (including phenoxy) is 3. The van der Waals surface area contributed by atoms with Crippen molar-refractivity contribution in [1.82, 2.24) is 0 Å². The van der Waals surface area contributed by atoms with Gasteiger partial charge in [0.25, 0.3) is 5.91 Å². The van der Waals surface area contributed by atoms with Crippen molar-refractivity contribution in [2.24, 2.45) is 0 Å². The summed E-state index contributed by atoms with van der Waals surface area (Å²) >= 11 is 9.49. The number of hydrogen-bond acceptors (Lipinski definition) is 6. The zero-order chi connectivity index (χ0) is 26.8. The van der Waals surface area contributed by atoms with Gasteiger partial charge in [-0.2, -0.15) is 0 Å². The van der Waals surface area contributed by atoms with Crippen molar-refractivity contribution in [2.45, 2.75) is 51.4 Å². The first-order valence-electron chi connectivity index (χ1n) is 12.7. The van der Waals surface area contributed by atoms with Gasteiger partial charge < -0.3 is 19.5 Å². The molecule has 0 radical (unpaired) electrons. The molecule has 38 heavy (non-hydrogen) atoms. The normalized spacial score (nSPS) is 17.6. The van der Waals surface area contributed by atoms with E-state index in [0.717, 1.165) is 18.4 Å². The van der Waals surface area contributed by atoms with E-state index in [2.05, 4.69) is 21.2 Å². The largest absolute Gasteiger partial charge is 0.490 e. The van der Waals surface area contributed by atoms with Crippen LogP contribution in [0.4, 0.5) is 5.69 Å². The van der Waals surface area contributed by atoms with Gasteiger partial charge in [-0.3, -0.25) is 14.4 Å². The minimum atomic E-state index is -0.521. The van der Waals surface area contributed by atoms with Crippen LogP contribution >= 0.6 is 27.5 Å². The predicted molar refractivity (Wildman–Crippen MR) is 146 cm³/mol. The topological polar surface area (TPSA) is 90.9 Å². The van der Waals surface area contributed by atoms with E-state index in [1.807, 2.05) is 13.0 Å². The quantitative estimate of drug-likeness (QED) is 0.383. The molecule has 2 aromatic carbocycles. The van der Waals surface area contributed by atoms with E-state index in [1.165, 1.54) is 0 Å². The first kappa shape index (κ1) is 26.5. The van der Waals surface area contributed by atoms with Crippen molar-refractivity contribution in [3.8, 4) is 11.5 Å². The highest BCUT2D eigenvalue weighted by Gasteiger charge is 2.42. The van der Waals surface area contributed by atoms with Crippen LogP contribution in [0.2, 0.25) is 5.02 Å². The third-order valence-corrected chi connectivity index (χ3v) is 7.62. The fourth-order valence-electron chi connectivity index (χ4n) is 5.18. The van der Waals surface area contributed by atoms with Crippen molar-refractivity contribution in [3.63, 3.8) is 0 Å². The lowest BCUT2D eigenvalue weighted by atomic mass is 9.73. The zero-order valence-corrected chi connectivity index (χ0v) is 23.2. The maximum Gasteiger partial charge on any atom is 0.262 e. The molecule has 9 heteroatoms. The molecule has 1 aliphatic heterocycles. The fraction of sp³-hybridized carbons (Fsp3) is 0.345. The summed E-state index contributed by atoms with van der Waals surface area (Å²) in [5.74, 6) is 1.28. The average Bonchev–Trinajstić information content (AvgIpc) is 2.89. The molecule has 7 nitrogen and oxygen atoms in total. The van der Waals surface area contributed by atoms with E-state index in [9.17, 15) is 14.4 Å². The van der Waals surface area contributed by atoms with Gasteiger partial charge in [-0.25, -0.2) is 0 Å². The van der Waals surface area contributed by atoms with Crippen molar-refractivity contribution in [3.05, 3.63) is 74.1 Å². The molecule has 1 heterocycles. The van der Waals surface area contributed by atoms with Gasteiger partial charge in [0.1, 0.15) is 11.5 Å². The highest BCUT2D eigenvalue weighted by Crippen LogP contribution is 2.50. The third-order valence-electron chi connectivity index (χ3n) is 6.78. The second-order valence-corrected chi connectivity index (χ2v) is 10.7. The number of nitrogens with one attached hydrogen (secondary N) is 1. The van der Waals surface area contributed by atoms with Crippen molar-refractivity contribution >= 4 is 50.7 Å². The Morgan fingerprint density at radius 3 is 2.24 bits per heavy atom. The van der Waals surface area contributed by atoms with Crippen LogP contribution in [-0.2, 0) is 19.1 Å². The Labute approximate surface area is 234 Å². The summed E-state index contributed by atoms with van der Waals surface area (Å²) in [6.07, 6.45) is 3.68. The Morgan fingerprint density at radius 2 is 1.63 bits per heavy atom. The molecule has 0 atom stereocenters. The summed E-state index contributed by atoms with van der Waals surface area (Å²) in [5.41, 5.74) is 2.47. The first-order chi connectivity index (χ1) is 18.4. The molecule has 5 rings (SSSR count). The molecule has 0 unspecified atom stereocenters. The molecule has 2 aromatic rings. The molecular formula is C29H27BrClNO6. The number of allylic oxidation sites excluding steroid dienone is 4. The summed E-state index contributed by atoms with van der Waals surface area (Å²) in [4.78, 5) is 38.7. The number of carbonyl (C=O) groups is 3. The van der Waals surface area contributed by atoms with Gasteiger partial charge in [0, 0.05) is 53.5 Å². The first-order valence-corrected chi connectivity index (χ1v) is 13.9. The maximum atomic E-state index is 13.1. The van der Waals surface area contributed by atoms with Crippen molar-refractivity contribution in [1.29, 1.82) is 0 Å². The van der Waals surface area contributed by atoms with Gasteiger partial charge in [-0.05, 0) is 77.7 Å². The number of rotatable bonds is 7. The van der Waals surface area contributed by atoms with Crippen molar-refractivity contribution in [2.75, 3.05) is 18.5 Å². The number of anilines is 1. The smallest absolute Gasteiger partial charge is 0.262 e. The van der Waals surface area contributed by atoms with E-state index in [1.54, 1.807) is 30.3 Å². The lowest BCUT2D eigenvalue weighted by Gasteiger charge is -2.36. The van der Waals surface area contributed by atoms with Crippen LogP contribution in [0.25, 0.3) is 0 Å². The number of benzene rings is 2. The van der Waals surface area contributed by atoms with Gasteiger partial charge in [0.05, 0.1) is 11.1 Å². The van der Waals surface area contributed by atoms with E-state index < -0.39 is 5.92 Å². The van der Waals surface area contributed by atoms with Crippen LogP contribution in [0.3, 0.4) is 0 Å². The third kappa shape index (κ3) is 5.38. The van der Waals surface area contributed by atoms with Crippen LogP contribution < -0.4 is 14.8 Å². The molecule has 1 amide bonds. The molecule has 0 aromatic heterocycles. The second-order valence-electron chi connectivity index (χ2n) is 9.37. The van der Waals surface area contributed by atoms with E-state index in [-0.39, 0.29) is 24.1 Å². The van der Waals surface area contributed by atoms with Gasteiger partial charge in [-0.1, -0.05) is 11.6 Å². The SMILES string of the molecule is CCOc1cc(C2C3=C(CCCC3=O)OC3=C2C(=O)CCC3)cc(Br)c1OCC(=O)Nc1ccc(Cl)cc1. The number of Topliss-reactive ketones (excluding diaryl/α,β-unsaturated/α-hetero) is 2. The predicted octanol–water partition coefficient (Wildman–Crippen LogP) is 6.65. The number of hydrogen-bond donors (Lipinski definition) is 1. The number of halogens is 2. The minimum absolute atomic E-state index is 0.00875. The fourth-order valence-corrected chi connectivity index (χ4v) is 5.88. The van der Waals surface area contributed by atoms with Gasteiger partial charge >= 0.3 is 0 Å². The Bertz CT molecular complexity index is 1320. The highest BCUT2D eigenvalue weighted by atomic mass is 79.9. The molecule has 0 fully saturated rings. The average molecular weight is 601 g/mol. The number of ketones is 2. The van der Waals surface area contributed by atoms with Crippen LogP contribution in [0.15, 0.2) is 63.5 Å². The Kier molecular flexibility index (Phi) is 7.91. The molecule has 2 aliphatic carbocycles. The van der Waals surface area contributed by atoms with E-state index in [4.69, 9.17) is 25.8 Å². The molecule has 0 bridgehead atoms. The van der Waals surface area contributed by atoms with E-state index >= 15 is 0 Å². The van der Waals surface area contributed by atoms with E-state index in [0.29, 0.717) is 81.6 Å². The molecule has 0 spiro atoms. The van der Waals surface area contributed by atoms with Gasteiger partial charge in [0.2, 0.25) is 0 Å². The molecular weight excluding hydrogens is 574 g/mol. The minimum Gasteiger partial charge on any atom is -0.490 e. The summed E-state index contributed by atoms with van der Waals surface area (Å²) in [6, 6.07) is 10.4. The molecule has 198 valence electrons. The van der Waals surface area contributed by atoms with Crippen LogP contribution in [0.1, 0.15) is 56.9 Å². The van der Waals surface area contributed by atoms with Crippen molar-refractivity contribution < 1.29 is 28.6 Å². The monoisotopic (exact) mass is 599 g/mol. The summed E-state index contributed by atoms with van der Waals surface area (Å²) in [5, 5.41) is 3.34. The summed E-state index contributed by atoms with van der Waals surface area (Å²) < 4.78 is 18.5. The molecule has 0 saturated heterocycles. The number of amides is 1. The van der Waals surface area contributed by atoms with Crippen LogP contribution in [0.5, 0.6) is 11.5 Å². The Balaban J connectivity index is 1.47. The molecule has 3 aliphatic rings.